The van der Waals surface area contributed by atoms with Gasteiger partial charge in [0, 0.05) is 24.8 Å². The lowest BCUT2D eigenvalue weighted by atomic mass is 9.72. The molecule has 0 bridgehead atoms. The van der Waals surface area contributed by atoms with E-state index in [-0.39, 0.29) is 29.8 Å². The van der Waals surface area contributed by atoms with E-state index in [1.54, 1.807) is 0 Å². The molecule has 5 nitrogen and oxygen atoms in total. The van der Waals surface area contributed by atoms with E-state index >= 15 is 0 Å². The fourth-order valence-corrected chi connectivity index (χ4v) is 3.10. The van der Waals surface area contributed by atoms with Crippen molar-refractivity contribution < 1.29 is 22.7 Å². The highest BCUT2D eigenvalue weighted by Crippen LogP contribution is 2.37. The summed E-state index contributed by atoms with van der Waals surface area (Å²) in [4.78, 5) is 12.1. The number of hydrogen-bond donors (Lipinski definition) is 2. The molecule has 2 heterocycles. The van der Waals surface area contributed by atoms with Crippen LogP contribution in [0.4, 0.5) is 13.2 Å². The summed E-state index contributed by atoms with van der Waals surface area (Å²) in [6.07, 6.45) is -2.39. The lowest BCUT2D eigenvalue weighted by Gasteiger charge is -2.45. The van der Waals surface area contributed by atoms with Gasteiger partial charge in [-0.05, 0) is 18.6 Å². The third-order valence-corrected chi connectivity index (χ3v) is 4.16. The molecule has 21 heavy (non-hydrogen) atoms. The molecule has 8 heteroatoms. The van der Waals surface area contributed by atoms with E-state index in [2.05, 4.69) is 5.32 Å². The van der Waals surface area contributed by atoms with E-state index in [0.29, 0.717) is 6.61 Å². The molecule has 2 fully saturated rings. The number of carbonyl (C=O) groups is 1. The van der Waals surface area contributed by atoms with Crippen LogP contribution in [0.2, 0.25) is 0 Å². The van der Waals surface area contributed by atoms with E-state index < -0.39 is 18.6 Å². The van der Waals surface area contributed by atoms with Gasteiger partial charge in [-0.25, -0.2) is 0 Å². The first kappa shape index (κ1) is 14.4. The Kier molecular flexibility index (Phi) is 3.45. The average Bonchev–Trinajstić information content (AvgIpc) is 3.00. The zero-order valence-corrected chi connectivity index (χ0v) is 11.1. The molecule has 116 valence electrons. The van der Waals surface area contributed by atoms with Crippen LogP contribution in [0.25, 0.3) is 0 Å². The maximum atomic E-state index is 12.4. The SMILES string of the molecule is NC1C2CCOC2C1NC(=O)c1cccn1CC(F)(F)F. The molecule has 1 aliphatic heterocycles. The Balaban J connectivity index is 1.68. The van der Waals surface area contributed by atoms with Crippen molar-refractivity contribution in [1.29, 1.82) is 0 Å². The second-order valence-corrected chi connectivity index (χ2v) is 5.50. The highest BCUT2D eigenvalue weighted by atomic mass is 19.4. The third kappa shape index (κ3) is 2.65. The predicted octanol–water partition coefficient (Wildman–Crippen LogP) is 0.895. The van der Waals surface area contributed by atoms with E-state index in [0.717, 1.165) is 11.0 Å². The van der Waals surface area contributed by atoms with Crippen molar-refractivity contribution in [2.24, 2.45) is 11.7 Å². The standard InChI is InChI=1S/C13H16F3N3O2/c14-13(15,16)6-19-4-1-2-8(19)12(20)18-10-9(17)7-3-5-21-11(7)10/h1-2,4,7,9-11H,3,5-6,17H2,(H,18,20). The first-order valence-electron chi connectivity index (χ1n) is 6.77. The molecule has 3 N–H and O–H groups in total. The van der Waals surface area contributed by atoms with Crippen LogP contribution in [0.15, 0.2) is 18.3 Å². The van der Waals surface area contributed by atoms with Gasteiger partial charge in [-0.3, -0.25) is 4.79 Å². The highest BCUT2D eigenvalue weighted by Gasteiger charge is 2.52. The fraction of sp³-hybridized carbons (Fsp3) is 0.615. The number of carbonyl (C=O) groups excluding carboxylic acids is 1. The maximum Gasteiger partial charge on any atom is 0.406 e. The van der Waals surface area contributed by atoms with Crippen molar-refractivity contribution in [3.8, 4) is 0 Å². The van der Waals surface area contributed by atoms with Gasteiger partial charge in [0.1, 0.15) is 12.2 Å². The first-order valence-corrected chi connectivity index (χ1v) is 6.77. The van der Waals surface area contributed by atoms with Crippen LogP contribution in [0, 0.1) is 5.92 Å². The van der Waals surface area contributed by atoms with Crippen molar-refractivity contribution in [3.63, 3.8) is 0 Å². The molecule has 1 saturated heterocycles. The number of nitrogens with two attached hydrogens (primary N) is 1. The Morgan fingerprint density at radius 3 is 3.00 bits per heavy atom. The zero-order valence-electron chi connectivity index (χ0n) is 11.1. The minimum Gasteiger partial charge on any atom is -0.376 e. The number of rotatable bonds is 3. The van der Waals surface area contributed by atoms with Crippen LogP contribution in [0.1, 0.15) is 16.9 Å². The molecule has 1 aromatic heterocycles. The number of aromatic nitrogens is 1. The molecular formula is C13H16F3N3O2. The van der Waals surface area contributed by atoms with Crippen molar-refractivity contribution in [2.45, 2.75) is 37.3 Å². The van der Waals surface area contributed by atoms with E-state index in [1.807, 2.05) is 0 Å². The Morgan fingerprint density at radius 1 is 1.52 bits per heavy atom. The van der Waals surface area contributed by atoms with E-state index in [1.165, 1.54) is 18.3 Å². The van der Waals surface area contributed by atoms with Crippen LogP contribution in [0.3, 0.4) is 0 Å². The number of hydrogen-bond acceptors (Lipinski definition) is 3. The van der Waals surface area contributed by atoms with Crippen molar-refractivity contribution in [2.75, 3.05) is 6.61 Å². The number of ether oxygens (including phenoxy) is 1. The fourth-order valence-electron chi connectivity index (χ4n) is 3.10. The normalized spacial score (nSPS) is 31.6. The predicted molar refractivity (Wildman–Crippen MR) is 67.6 cm³/mol. The number of amides is 1. The maximum absolute atomic E-state index is 12.4. The van der Waals surface area contributed by atoms with Crippen molar-refractivity contribution >= 4 is 5.91 Å². The van der Waals surface area contributed by atoms with Crippen LogP contribution in [-0.4, -0.2) is 41.4 Å². The summed E-state index contributed by atoms with van der Waals surface area (Å²) in [6, 6.07) is 2.24. The van der Waals surface area contributed by atoms with Crippen LogP contribution in [-0.2, 0) is 11.3 Å². The van der Waals surface area contributed by atoms with Gasteiger partial charge in [-0.15, -0.1) is 0 Å². The lowest BCUT2D eigenvalue weighted by molar-refractivity contribution is -0.140. The molecule has 2 aliphatic rings. The van der Waals surface area contributed by atoms with Gasteiger partial charge < -0.3 is 20.4 Å². The molecule has 0 spiro atoms. The van der Waals surface area contributed by atoms with Gasteiger partial charge in [0.25, 0.3) is 5.91 Å². The number of nitrogens with one attached hydrogen (secondary N) is 1. The van der Waals surface area contributed by atoms with Gasteiger partial charge in [0.2, 0.25) is 0 Å². The molecule has 1 aliphatic carbocycles. The highest BCUT2D eigenvalue weighted by molar-refractivity contribution is 5.93. The zero-order chi connectivity index (χ0) is 15.2. The van der Waals surface area contributed by atoms with Gasteiger partial charge in [-0.1, -0.05) is 0 Å². The minimum atomic E-state index is -4.37. The lowest BCUT2D eigenvalue weighted by Crippen LogP contribution is -2.69. The molecule has 1 saturated carbocycles. The minimum absolute atomic E-state index is 0.0269. The second kappa shape index (κ2) is 5.03. The summed E-state index contributed by atoms with van der Waals surface area (Å²) in [5.74, 6) is -0.323. The summed E-state index contributed by atoms with van der Waals surface area (Å²) >= 11 is 0. The summed E-state index contributed by atoms with van der Waals surface area (Å²) in [7, 11) is 0. The monoisotopic (exact) mass is 303 g/mol. The van der Waals surface area contributed by atoms with Gasteiger partial charge >= 0.3 is 6.18 Å². The molecular weight excluding hydrogens is 287 g/mol. The summed E-state index contributed by atoms with van der Waals surface area (Å²) in [5.41, 5.74) is 5.94. The largest absolute Gasteiger partial charge is 0.406 e. The molecule has 0 radical (unpaired) electrons. The topological polar surface area (TPSA) is 69.3 Å². The van der Waals surface area contributed by atoms with Crippen LogP contribution < -0.4 is 11.1 Å². The van der Waals surface area contributed by atoms with Gasteiger partial charge in [-0.2, -0.15) is 13.2 Å². The summed E-state index contributed by atoms with van der Waals surface area (Å²) in [6.45, 7) is -0.581. The Hall–Kier alpha value is -1.54. The Morgan fingerprint density at radius 2 is 2.29 bits per heavy atom. The molecule has 1 amide bonds. The summed E-state index contributed by atoms with van der Waals surface area (Å²) < 4.78 is 43.7. The molecule has 4 unspecified atom stereocenters. The van der Waals surface area contributed by atoms with Crippen molar-refractivity contribution in [1.82, 2.24) is 9.88 Å². The number of alkyl halides is 3. The van der Waals surface area contributed by atoms with E-state index in [9.17, 15) is 18.0 Å². The van der Waals surface area contributed by atoms with E-state index in [4.69, 9.17) is 10.5 Å². The number of halogens is 3. The molecule has 4 atom stereocenters. The smallest absolute Gasteiger partial charge is 0.376 e. The third-order valence-electron chi connectivity index (χ3n) is 4.16. The number of fused-ring (bicyclic) bond motifs is 1. The molecule has 3 rings (SSSR count). The Bertz CT molecular complexity index is 543. The summed E-state index contributed by atoms with van der Waals surface area (Å²) in [5, 5.41) is 2.69. The average molecular weight is 303 g/mol. The molecule has 1 aromatic rings. The first-order chi connectivity index (χ1) is 9.87. The van der Waals surface area contributed by atoms with Crippen molar-refractivity contribution in [3.05, 3.63) is 24.0 Å². The Labute approximate surface area is 119 Å². The van der Waals surface area contributed by atoms with Crippen LogP contribution in [0.5, 0.6) is 0 Å². The molecule has 0 aromatic carbocycles. The van der Waals surface area contributed by atoms with Crippen LogP contribution >= 0.6 is 0 Å². The quantitative estimate of drug-likeness (QED) is 0.871. The van der Waals surface area contributed by atoms with Gasteiger partial charge in [0.15, 0.2) is 0 Å². The van der Waals surface area contributed by atoms with Gasteiger partial charge in [0.05, 0.1) is 12.1 Å². The second-order valence-electron chi connectivity index (χ2n) is 5.50. The number of nitrogens with zero attached hydrogens (tertiary/aromatic N) is 1.